The van der Waals surface area contributed by atoms with Gasteiger partial charge in [0.1, 0.15) is 0 Å². The van der Waals surface area contributed by atoms with Gasteiger partial charge in [-0.3, -0.25) is 4.99 Å². The van der Waals surface area contributed by atoms with Crippen molar-refractivity contribution in [3.63, 3.8) is 0 Å². The predicted molar refractivity (Wildman–Crippen MR) is 64.0 cm³/mol. The van der Waals surface area contributed by atoms with Gasteiger partial charge in [0.05, 0.1) is 0 Å². The molecule has 0 aliphatic heterocycles. The van der Waals surface area contributed by atoms with Crippen molar-refractivity contribution in [3.8, 4) is 0 Å². The number of rotatable bonds is 2. The van der Waals surface area contributed by atoms with E-state index in [-0.39, 0.29) is 0 Å². The maximum Gasteiger partial charge on any atom is 0.0389 e. The Hall–Kier alpha value is -1.37. The zero-order valence-electron chi connectivity index (χ0n) is 9.39. The summed E-state index contributed by atoms with van der Waals surface area (Å²) in [7, 11) is 1.82. The molecule has 1 rings (SSSR count). The van der Waals surface area contributed by atoms with Gasteiger partial charge in [0.15, 0.2) is 0 Å². The standard InChI is InChI=1S/C13H17N/c1-9(2)12-7-6-8-13(10(12)3)11(4)14-5/h6-8H,1H2,2-5H3. The second kappa shape index (κ2) is 4.23. The number of benzene rings is 1. The first-order chi connectivity index (χ1) is 6.57. The summed E-state index contributed by atoms with van der Waals surface area (Å²) < 4.78 is 0. The lowest BCUT2D eigenvalue weighted by molar-refractivity contribution is 1.35. The third-order valence-electron chi connectivity index (χ3n) is 2.52. The minimum atomic E-state index is 1.07. The van der Waals surface area contributed by atoms with Crippen LogP contribution in [0.4, 0.5) is 0 Å². The fraction of sp³-hybridized carbons (Fsp3) is 0.308. The lowest BCUT2D eigenvalue weighted by Gasteiger charge is -2.10. The summed E-state index contributed by atoms with van der Waals surface area (Å²) >= 11 is 0. The molecule has 0 saturated carbocycles. The summed E-state index contributed by atoms with van der Waals surface area (Å²) in [5, 5.41) is 0. The molecule has 0 atom stereocenters. The molecule has 0 fully saturated rings. The molecule has 1 aromatic rings. The van der Waals surface area contributed by atoms with Crippen LogP contribution in [0.2, 0.25) is 0 Å². The molecule has 74 valence electrons. The van der Waals surface area contributed by atoms with E-state index in [2.05, 4.69) is 36.7 Å². The van der Waals surface area contributed by atoms with E-state index in [0.29, 0.717) is 0 Å². The van der Waals surface area contributed by atoms with Crippen molar-refractivity contribution in [3.05, 3.63) is 41.5 Å². The lowest BCUT2D eigenvalue weighted by Crippen LogP contribution is -2.00. The Labute approximate surface area is 86.2 Å². The van der Waals surface area contributed by atoms with E-state index in [4.69, 9.17) is 0 Å². The van der Waals surface area contributed by atoms with Crippen molar-refractivity contribution in [2.75, 3.05) is 7.05 Å². The molecule has 1 nitrogen and oxygen atoms in total. The third-order valence-corrected chi connectivity index (χ3v) is 2.52. The predicted octanol–water partition coefficient (Wildman–Crippen LogP) is 3.47. The van der Waals surface area contributed by atoms with Crippen LogP contribution in [0.3, 0.4) is 0 Å². The summed E-state index contributed by atoms with van der Waals surface area (Å²) in [5.74, 6) is 0. The highest BCUT2D eigenvalue weighted by atomic mass is 14.7. The molecule has 0 spiro atoms. The number of nitrogens with zero attached hydrogens (tertiary/aromatic N) is 1. The van der Waals surface area contributed by atoms with Crippen molar-refractivity contribution in [2.24, 2.45) is 4.99 Å². The van der Waals surface area contributed by atoms with E-state index >= 15 is 0 Å². The molecular formula is C13H17N. The van der Waals surface area contributed by atoms with Gasteiger partial charge in [-0.1, -0.05) is 30.4 Å². The Morgan fingerprint density at radius 2 is 1.79 bits per heavy atom. The highest BCUT2D eigenvalue weighted by molar-refractivity contribution is 6.00. The number of aliphatic imine (C=N–C) groups is 1. The summed E-state index contributed by atoms with van der Waals surface area (Å²) in [4.78, 5) is 4.21. The molecule has 0 amide bonds. The summed E-state index contributed by atoms with van der Waals surface area (Å²) in [6.07, 6.45) is 0. The molecule has 0 aromatic heterocycles. The molecular weight excluding hydrogens is 170 g/mol. The molecule has 0 unspecified atom stereocenters. The fourth-order valence-corrected chi connectivity index (χ4v) is 1.61. The van der Waals surface area contributed by atoms with Crippen LogP contribution in [0.25, 0.3) is 5.57 Å². The van der Waals surface area contributed by atoms with Gasteiger partial charge in [0, 0.05) is 12.8 Å². The monoisotopic (exact) mass is 187 g/mol. The van der Waals surface area contributed by atoms with E-state index in [1.807, 2.05) is 20.9 Å². The van der Waals surface area contributed by atoms with Gasteiger partial charge < -0.3 is 0 Å². The van der Waals surface area contributed by atoms with Gasteiger partial charge in [-0.2, -0.15) is 0 Å². The van der Waals surface area contributed by atoms with Crippen LogP contribution in [-0.2, 0) is 0 Å². The zero-order valence-corrected chi connectivity index (χ0v) is 9.39. The second-order valence-corrected chi connectivity index (χ2v) is 3.57. The normalized spacial score (nSPS) is 11.6. The molecule has 14 heavy (non-hydrogen) atoms. The Morgan fingerprint density at radius 3 is 2.29 bits per heavy atom. The first-order valence-corrected chi connectivity index (χ1v) is 4.77. The first kappa shape index (κ1) is 10.7. The van der Waals surface area contributed by atoms with Gasteiger partial charge in [0.2, 0.25) is 0 Å². The molecule has 0 heterocycles. The summed E-state index contributed by atoms with van der Waals surface area (Å²) in [6, 6.07) is 6.26. The molecule has 0 saturated heterocycles. The van der Waals surface area contributed by atoms with Crippen LogP contribution in [-0.4, -0.2) is 12.8 Å². The summed E-state index contributed by atoms with van der Waals surface area (Å²) in [5.41, 5.74) is 5.89. The molecule has 0 bridgehead atoms. The van der Waals surface area contributed by atoms with E-state index in [9.17, 15) is 0 Å². The Bertz CT molecular complexity index is 386. The molecule has 1 heteroatoms. The minimum Gasteiger partial charge on any atom is -0.293 e. The van der Waals surface area contributed by atoms with Crippen LogP contribution < -0.4 is 0 Å². The van der Waals surface area contributed by atoms with E-state index in [1.165, 1.54) is 16.7 Å². The molecule has 0 radical (unpaired) electrons. The lowest BCUT2D eigenvalue weighted by atomic mass is 9.96. The third kappa shape index (κ3) is 1.92. The van der Waals surface area contributed by atoms with Crippen LogP contribution >= 0.6 is 0 Å². The van der Waals surface area contributed by atoms with Crippen LogP contribution in [0.5, 0.6) is 0 Å². The number of hydrogen-bond donors (Lipinski definition) is 0. The van der Waals surface area contributed by atoms with Gasteiger partial charge in [-0.15, -0.1) is 0 Å². The largest absolute Gasteiger partial charge is 0.293 e. The van der Waals surface area contributed by atoms with Crippen molar-refractivity contribution in [2.45, 2.75) is 20.8 Å². The van der Waals surface area contributed by atoms with E-state index < -0.39 is 0 Å². The zero-order chi connectivity index (χ0) is 10.7. The van der Waals surface area contributed by atoms with Crippen molar-refractivity contribution < 1.29 is 0 Å². The maximum absolute atomic E-state index is 4.21. The fourth-order valence-electron chi connectivity index (χ4n) is 1.61. The van der Waals surface area contributed by atoms with Gasteiger partial charge in [0.25, 0.3) is 0 Å². The van der Waals surface area contributed by atoms with Crippen molar-refractivity contribution in [1.29, 1.82) is 0 Å². The van der Waals surface area contributed by atoms with Crippen LogP contribution in [0.1, 0.15) is 30.5 Å². The topological polar surface area (TPSA) is 12.4 Å². The SMILES string of the molecule is C=C(C)c1cccc(C(C)=NC)c1C. The maximum atomic E-state index is 4.21. The Balaban J connectivity index is 3.35. The summed E-state index contributed by atoms with van der Waals surface area (Å²) in [6.45, 7) is 10.2. The highest BCUT2D eigenvalue weighted by Crippen LogP contribution is 2.20. The average Bonchev–Trinajstić information content (AvgIpc) is 2.16. The van der Waals surface area contributed by atoms with Gasteiger partial charge in [-0.25, -0.2) is 0 Å². The quantitative estimate of drug-likeness (QED) is 0.629. The minimum absolute atomic E-state index is 1.07. The Morgan fingerprint density at radius 1 is 1.21 bits per heavy atom. The number of allylic oxidation sites excluding steroid dienone is 1. The van der Waals surface area contributed by atoms with Gasteiger partial charge in [-0.05, 0) is 37.5 Å². The number of hydrogen-bond acceptors (Lipinski definition) is 1. The highest BCUT2D eigenvalue weighted by Gasteiger charge is 2.05. The van der Waals surface area contributed by atoms with E-state index in [1.54, 1.807) is 0 Å². The molecule has 0 N–H and O–H groups in total. The Kier molecular flexibility index (Phi) is 3.23. The molecule has 0 aliphatic rings. The smallest absolute Gasteiger partial charge is 0.0389 e. The average molecular weight is 187 g/mol. The van der Waals surface area contributed by atoms with E-state index in [0.717, 1.165) is 11.3 Å². The first-order valence-electron chi connectivity index (χ1n) is 4.77. The van der Waals surface area contributed by atoms with Crippen LogP contribution in [0, 0.1) is 6.92 Å². The second-order valence-electron chi connectivity index (χ2n) is 3.57. The molecule has 0 aliphatic carbocycles. The van der Waals surface area contributed by atoms with Gasteiger partial charge >= 0.3 is 0 Å². The van der Waals surface area contributed by atoms with Crippen molar-refractivity contribution >= 4 is 11.3 Å². The molecule has 1 aromatic carbocycles. The van der Waals surface area contributed by atoms with Crippen LogP contribution in [0.15, 0.2) is 29.8 Å². The van der Waals surface area contributed by atoms with Crippen molar-refractivity contribution in [1.82, 2.24) is 0 Å².